The van der Waals surface area contributed by atoms with Gasteiger partial charge >= 0.3 is 0 Å². The van der Waals surface area contributed by atoms with Gasteiger partial charge in [0.2, 0.25) is 0 Å². The molecule has 0 bridgehead atoms. The van der Waals surface area contributed by atoms with Crippen molar-refractivity contribution in [3.05, 3.63) is 126 Å². The first-order valence-corrected chi connectivity index (χ1v) is 10.7. The summed E-state index contributed by atoms with van der Waals surface area (Å²) in [5.74, 6) is 1.64. The molecule has 0 aliphatic heterocycles. The number of ether oxygens (including phenoxy) is 2. The lowest BCUT2D eigenvalue weighted by Gasteiger charge is -2.19. The Balaban J connectivity index is 1.73. The third-order valence-corrected chi connectivity index (χ3v) is 5.23. The van der Waals surface area contributed by atoms with Crippen LogP contribution >= 0.6 is 0 Å². The van der Waals surface area contributed by atoms with Gasteiger partial charge in [0.05, 0.1) is 25.6 Å². The number of para-hydroxylation sites is 2. The van der Waals surface area contributed by atoms with E-state index >= 15 is 0 Å². The summed E-state index contributed by atoms with van der Waals surface area (Å²) >= 11 is 0. The van der Waals surface area contributed by atoms with Crippen molar-refractivity contribution in [2.24, 2.45) is 5.10 Å². The number of anilines is 2. The van der Waals surface area contributed by atoms with E-state index in [1.807, 2.05) is 102 Å². The predicted molar refractivity (Wildman–Crippen MR) is 137 cm³/mol. The summed E-state index contributed by atoms with van der Waals surface area (Å²) in [6, 6.07) is 36.3. The Labute approximate surface area is 195 Å². The highest BCUT2D eigenvalue weighted by atomic mass is 16.5. The minimum atomic E-state index is 0.820. The smallest absolute Gasteiger partial charge is 0.118 e. The molecule has 0 amide bonds. The van der Waals surface area contributed by atoms with Crippen molar-refractivity contribution in [1.82, 2.24) is 0 Å². The van der Waals surface area contributed by atoms with Gasteiger partial charge in [0, 0.05) is 6.21 Å². The summed E-state index contributed by atoms with van der Waals surface area (Å²) in [5.41, 5.74) is 5.16. The van der Waals surface area contributed by atoms with Gasteiger partial charge in [0.25, 0.3) is 0 Å². The van der Waals surface area contributed by atoms with E-state index in [0.717, 1.165) is 39.6 Å². The molecule has 0 saturated carbocycles. The first kappa shape index (κ1) is 21.9. The van der Waals surface area contributed by atoms with E-state index in [1.54, 1.807) is 14.2 Å². The van der Waals surface area contributed by atoms with Crippen LogP contribution in [0.2, 0.25) is 0 Å². The lowest BCUT2D eigenvalue weighted by molar-refractivity contribution is 0.414. The van der Waals surface area contributed by atoms with E-state index in [2.05, 4.69) is 24.3 Å². The molecular formula is C29H26N2O2. The molecule has 4 aromatic rings. The first-order valence-electron chi connectivity index (χ1n) is 10.7. The monoisotopic (exact) mass is 434 g/mol. The largest absolute Gasteiger partial charge is 0.497 e. The molecule has 0 N–H and O–H groups in total. The Bertz CT molecular complexity index is 1110. The Kier molecular flexibility index (Phi) is 7.18. The molecule has 0 aliphatic carbocycles. The zero-order valence-electron chi connectivity index (χ0n) is 18.8. The molecule has 0 fully saturated rings. The van der Waals surface area contributed by atoms with Crippen LogP contribution in [-0.2, 0) is 0 Å². The summed E-state index contributed by atoms with van der Waals surface area (Å²) in [7, 11) is 3.34. The van der Waals surface area contributed by atoms with Crippen LogP contribution in [0.1, 0.15) is 11.1 Å². The van der Waals surface area contributed by atoms with E-state index in [-0.39, 0.29) is 0 Å². The zero-order valence-corrected chi connectivity index (χ0v) is 18.8. The maximum Gasteiger partial charge on any atom is 0.118 e. The van der Waals surface area contributed by atoms with Crippen molar-refractivity contribution < 1.29 is 9.47 Å². The second-order valence-electron chi connectivity index (χ2n) is 7.28. The number of hydrogen-bond donors (Lipinski definition) is 0. The maximum absolute atomic E-state index is 5.33. The van der Waals surface area contributed by atoms with Crippen LogP contribution in [0.25, 0.3) is 5.57 Å². The fraction of sp³-hybridized carbons (Fsp3) is 0.0690. The van der Waals surface area contributed by atoms with Crippen LogP contribution in [-0.4, -0.2) is 20.4 Å². The van der Waals surface area contributed by atoms with Crippen LogP contribution in [0, 0.1) is 0 Å². The Morgan fingerprint density at radius 2 is 1.03 bits per heavy atom. The summed E-state index contributed by atoms with van der Waals surface area (Å²) in [6.45, 7) is 0. The summed E-state index contributed by atoms with van der Waals surface area (Å²) in [6.07, 6.45) is 3.87. The van der Waals surface area contributed by atoms with Crippen molar-refractivity contribution in [1.29, 1.82) is 0 Å². The summed E-state index contributed by atoms with van der Waals surface area (Å²) < 4.78 is 10.7. The van der Waals surface area contributed by atoms with E-state index < -0.39 is 0 Å². The molecule has 4 nitrogen and oxygen atoms in total. The number of rotatable bonds is 8. The number of hydrazone groups is 1. The first-order chi connectivity index (χ1) is 16.3. The molecule has 164 valence electrons. The quantitative estimate of drug-likeness (QED) is 0.222. The second-order valence-corrected chi connectivity index (χ2v) is 7.28. The average Bonchev–Trinajstić information content (AvgIpc) is 2.90. The van der Waals surface area contributed by atoms with Crippen molar-refractivity contribution in [3.8, 4) is 11.5 Å². The molecule has 4 heteroatoms. The fourth-order valence-electron chi connectivity index (χ4n) is 3.50. The molecule has 0 unspecified atom stereocenters. The van der Waals surface area contributed by atoms with Crippen LogP contribution in [0.3, 0.4) is 0 Å². The van der Waals surface area contributed by atoms with Gasteiger partial charge in [-0.3, -0.25) is 0 Å². The normalized spacial score (nSPS) is 10.6. The highest BCUT2D eigenvalue weighted by molar-refractivity contribution is 5.92. The predicted octanol–water partition coefficient (Wildman–Crippen LogP) is 6.96. The fourth-order valence-corrected chi connectivity index (χ4v) is 3.50. The number of methoxy groups -OCH3 is 2. The minimum absolute atomic E-state index is 0.820. The standard InChI is InChI=1S/C29H26N2O2/c1-32-27-17-13-23(14-18-27)29(24-15-19-28(33-2)20-16-24)21-22-30-31(25-9-5-3-6-10-25)26-11-7-4-8-12-26/h3-22H,1-2H3. The maximum atomic E-state index is 5.33. The van der Waals surface area contributed by atoms with Crippen molar-refractivity contribution in [2.75, 3.05) is 19.2 Å². The van der Waals surface area contributed by atoms with Crippen molar-refractivity contribution in [2.45, 2.75) is 0 Å². The zero-order chi connectivity index (χ0) is 22.9. The Morgan fingerprint density at radius 3 is 1.42 bits per heavy atom. The van der Waals surface area contributed by atoms with E-state index in [9.17, 15) is 0 Å². The molecule has 4 rings (SSSR count). The van der Waals surface area contributed by atoms with E-state index in [0.29, 0.717) is 0 Å². The number of nitrogens with zero attached hydrogens (tertiary/aromatic N) is 2. The van der Waals surface area contributed by atoms with Gasteiger partial charge in [0.1, 0.15) is 11.5 Å². The minimum Gasteiger partial charge on any atom is -0.497 e. The summed E-state index contributed by atoms with van der Waals surface area (Å²) in [4.78, 5) is 0. The Morgan fingerprint density at radius 1 is 0.606 bits per heavy atom. The van der Waals surface area contributed by atoms with Crippen molar-refractivity contribution >= 4 is 23.2 Å². The third-order valence-electron chi connectivity index (χ3n) is 5.23. The molecule has 0 saturated heterocycles. The second kappa shape index (κ2) is 10.8. The number of benzene rings is 4. The lowest BCUT2D eigenvalue weighted by Crippen LogP contribution is -2.08. The molecule has 33 heavy (non-hydrogen) atoms. The van der Waals surface area contributed by atoms with Crippen LogP contribution < -0.4 is 14.5 Å². The molecule has 0 aliphatic rings. The van der Waals surface area contributed by atoms with E-state index in [4.69, 9.17) is 14.6 Å². The topological polar surface area (TPSA) is 34.1 Å². The molecular weight excluding hydrogens is 408 g/mol. The molecule has 0 radical (unpaired) electrons. The number of allylic oxidation sites excluding steroid dienone is 1. The Hall–Kier alpha value is -4.31. The van der Waals surface area contributed by atoms with Gasteiger partial charge in [0.15, 0.2) is 0 Å². The van der Waals surface area contributed by atoms with Gasteiger partial charge in [-0.2, -0.15) is 5.10 Å². The highest BCUT2D eigenvalue weighted by Gasteiger charge is 2.08. The average molecular weight is 435 g/mol. The highest BCUT2D eigenvalue weighted by Crippen LogP contribution is 2.28. The van der Waals surface area contributed by atoms with Crippen molar-refractivity contribution in [3.63, 3.8) is 0 Å². The third kappa shape index (κ3) is 5.49. The number of hydrogen-bond acceptors (Lipinski definition) is 4. The van der Waals surface area contributed by atoms with E-state index in [1.165, 1.54) is 0 Å². The SMILES string of the molecule is COc1ccc(C(=CC=NN(c2ccccc2)c2ccccc2)c2ccc(OC)cc2)cc1. The van der Waals surface area contributed by atoms with Crippen LogP contribution in [0.15, 0.2) is 120 Å². The van der Waals surface area contributed by atoms with Gasteiger partial charge in [-0.15, -0.1) is 0 Å². The van der Waals surface area contributed by atoms with Gasteiger partial charge in [-0.05, 0) is 71.3 Å². The molecule has 4 aromatic carbocycles. The van der Waals surface area contributed by atoms with Gasteiger partial charge in [-0.25, -0.2) is 5.01 Å². The van der Waals surface area contributed by atoms with Gasteiger partial charge in [-0.1, -0.05) is 60.7 Å². The van der Waals surface area contributed by atoms with Crippen LogP contribution in [0.5, 0.6) is 11.5 Å². The molecule has 0 heterocycles. The summed E-state index contributed by atoms with van der Waals surface area (Å²) in [5, 5.41) is 6.73. The molecule has 0 spiro atoms. The molecule has 0 atom stereocenters. The molecule has 0 aromatic heterocycles. The van der Waals surface area contributed by atoms with Gasteiger partial charge < -0.3 is 9.47 Å². The lowest BCUT2D eigenvalue weighted by atomic mass is 9.97. The van der Waals surface area contributed by atoms with Crippen LogP contribution in [0.4, 0.5) is 11.4 Å².